The molecule has 7 nitrogen and oxygen atoms in total. The molecule has 0 saturated carbocycles. The molecular formula is C28H44N4O3S. The molecule has 1 aliphatic heterocycles. The molecule has 1 aliphatic rings. The maximum atomic E-state index is 12.2. The zero-order chi connectivity index (χ0) is 25.0. The Morgan fingerprint density at radius 2 is 1.86 bits per heavy atom. The van der Waals surface area contributed by atoms with E-state index in [9.17, 15) is 4.79 Å². The van der Waals surface area contributed by atoms with Crippen molar-refractivity contribution in [3.8, 4) is 6.01 Å². The molecule has 8 heteroatoms. The van der Waals surface area contributed by atoms with Gasteiger partial charge in [0, 0.05) is 38.6 Å². The van der Waals surface area contributed by atoms with Gasteiger partial charge in [-0.05, 0) is 69.6 Å². The topological polar surface area (TPSA) is 76.6 Å². The van der Waals surface area contributed by atoms with Crippen LogP contribution < -0.4 is 15.0 Å². The number of hydrogen-bond donors (Lipinski definition) is 1. The van der Waals surface area contributed by atoms with E-state index < -0.39 is 0 Å². The van der Waals surface area contributed by atoms with Gasteiger partial charge in [0.15, 0.2) is 0 Å². The van der Waals surface area contributed by atoms with Gasteiger partial charge in [-0.25, -0.2) is 9.97 Å². The summed E-state index contributed by atoms with van der Waals surface area (Å²) in [6.07, 6.45) is 9.71. The van der Waals surface area contributed by atoms with Crippen molar-refractivity contribution in [3.05, 3.63) is 36.2 Å². The number of Topliss-reactive ketones (excluding diaryl/α,β-unsaturated/α-hetero) is 1. The predicted octanol–water partition coefficient (Wildman–Crippen LogP) is 6.38. The lowest BCUT2D eigenvalue weighted by molar-refractivity contribution is -0.119. The van der Waals surface area contributed by atoms with Gasteiger partial charge in [0.05, 0.1) is 36.1 Å². The molecule has 0 spiro atoms. The Labute approximate surface area is 223 Å². The largest absolute Gasteiger partial charge is 0.464 e. The third-order valence-electron chi connectivity index (χ3n) is 6.75. The Morgan fingerprint density at radius 1 is 1.14 bits per heavy atom. The van der Waals surface area contributed by atoms with Gasteiger partial charge >= 0.3 is 6.01 Å². The molecule has 0 aliphatic carbocycles. The van der Waals surface area contributed by atoms with E-state index in [0.29, 0.717) is 43.2 Å². The van der Waals surface area contributed by atoms with Gasteiger partial charge < -0.3 is 19.7 Å². The van der Waals surface area contributed by atoms with Crippen molar-refractivity contribution >= 4 is 36.3 Å². The first-order chi connectivity index (χ1) is 17.1. The molecule has 1 fully saturated rings. The van der Waals surface area contributed by atoms with E-state index in [1.807, 2.05) is 6.92 Å². The minimum Gasteiger partial charge on any atom is -0.464 e. The fourth-order valence-corrected chi connectivity index (χ4v) is 4.87. The van der Waals surface area contributed by atoms with Crippen molar-refractivity contribution in [3.63, 3.8) is 0 Å². The third kappa shape index (κ3) is 8.37. The van der Waals surface area contributed by atoms with Gasteiger partial charge in [-0.2, -0.15) is 13.5 Å². The van der Waals surface area contributed by atoms with Crippen LogP contribution in [0, 0.1) is 0 Å². The molecule has 2 aromatic rings. The lowest BCUT2D eigenvalue weighted by atomic mass is 9.89. The molecular weight excluding hydrogens is 472 g/mol. The normalized spacial score (nSPS) is 14.6. The van der Waals surface area contributed by atoms with E-state index in [4.69, 9.17) is 9.47 Å². The van der Waals surface area contributed by atoms with Crippen LogP contribution in [0.25, 0.3) is 0 Å². The van der Waals surface area contributed by atoms with Crippen molar-refractivity contribution in [2.75, 3.05) is 36.6 Å². The number of nitrogens with zero attached hydrogens (tertiary/aromatic N) is 3. The monoisotopic (exact) mass is 516 g/mol. The van der Waals surface area contributed by atoms with Crippen LogP contribution in [0.3, 0.4) is 0 Å². The van der Waals surface area contributed by atoms with Crippen molar-refractivity contribution in [2.45, 2.75) is 84.6 Å². The molecule has 0 bridgehead atoms. The number of nitrogens with one attached hydrogen (secondary N) is 1. The Kier molecular flexibility index (Phi) is 13.1. The molecule has 0 radical (unpaired) electrons. The number of rotatable bonds is 14. The standard InChI is InChI=1S/C28H42N4O3.H2S/c1-5-9-25(33)12-10-21(6-2)22-11-13-27(32(7-3)24-14-16-34-17-15-24)26(18-22)31-23-19-29-28(30-20-23)35-8-4;/h11,13,18-21,24,31H,5-10,12,14-17H2,1-4H3;1H2/t21-;/m1./s1. The van der Waals surface area contributed by atoms with Crippen LogP contribution in [0.4, 0.5) is 17.1 Å². The maximum absolute atomic E-state index is 12.2. The Hall–Kier alpha value is -2.32. The minimum atomic E-state index is 0. The van der Waals surface area contributed by atoms with Gasteiger partial charge in [0.1, 0.15) is 5.78 Å². The van der Waals surface area contributed by atoms with Crippen molar-refractivity contribution in [2.24, 2.45) is 0 Å². The number of carbonyl (C=O) groups excluding carboxylic acids is 1. The average molecular weight is 517 g/mol. The second kappa shape index (κ2) is 15.7. The van der Waals surface area contributed by atoms with E-state index in [2.05, 4.69) is 59.2 Å². The van der Waals surface area contributed by atoms with E-state index in [-0.39, 0.29) is 13.5 Å². The fourth-order valence-electron chi connectivity index (χ4n) is 4.87. The number of ketones is 1. The zero-order valence-corrected chi connectivity index (χ0v) is 23.4. The van der Waals surface area contributed by atoms with Crippen LogP contribution in [0.2, 0.25) is 0 Å². The van der Waals surface area contributed by atoms with Crippen LogP contribution in [-0.2, 0) is 9.53 Å². The molecule has 200 valence electrons. The SMILES string of the molecule is CCCC(=O)CC[C@@H](CC)c1ccc(N(CC)C2CCOCC2)c(Nc2cnc(OCC)nc2)c1.S. The summed E-state index contributed by atoms with van der Waals surface area (Å²) in [7, 11) is 0. The van der Waals surface area contributed by atoms with E-state index in [0.717, 1.165) is 63.2 Å². The summed E-state index contributed by atoms with van der Waals surface area (Å²) < 4.78 is 11.0. The molecule has 1 aromatic carbocycles. The summed E-state index contributed by atoms with van der Waals surface area (Å²) in [6, 6.07) is 7.57. The van der Waals surface area contributed by atoms with Gasteiger partial charge in [0.2, 0.25) is 0 Å². The molecule has 3 rings (SSSR count). The highest BCUT2D eigenvalue weighted by atomic mass is 32.1. The summed E-state index contributed by atoms with van der Waals surface area (Å²) in [6.45, 7) is 11.5. The van der Waals surface area contributed by atoms with Gasteiger partial charge in [0.25, 0.3) is 0 Å². The molecule has 1 saturated heterocycles. The highest BCUT2D eigenvalue weighted by molar-refractivity contribution is 7.59. The molecule has 1 atom stereocenters. The second-order valence-corrected chi connectivity index (χ2v) is 9.15. The number of carbonyl (C=O) groups is 1. The number of ether oxygens (including phenoxy) is 2. The molecule has 0 amide bonds. The quantitative estimate of drug-likeness (QED) is 0.312. The number of benzene rings is 1. The smallest absolute Gasteiger partial charge is 0.316 e. The second-order valence-electron chi connectivity index (χ2n) is 9.15. The molecule has 36 heavy (non-hydrogen) atoms. The van der Waals surface area contributed by atoms with Crippen LogP contribution in [0.5, 0.6) is 6.01 Å². The van der Waals surface area contributed by atoms with E-state index in [1.165, 1.54) is 11.3 Å². The first-order valence-electron chi connectivity index (χ1n) is 13.3. The first kappa shape index (κ1) is 29.9. The van der Waals surface area contributed by atoms with Crippen LogP contribution >= 0.6 is 13.5 Å². The van der Waals surface area contributed by atoms with Crippen LogP contribution in [0.1, 0.15) is 84.1 Å². The molecule has 1 aromatic heterocycles. The Bertz CT molecular complexity index is 920. The number of anilines is 3. The summed E-state index contributed by atoms with van der Waals surface area (Å²) in [5.74, 6) is 0.712. The van der Waals surface area contributed by atoms with E-state index >= 15 is 0 Å². The summed E-state index contributed by atoms with van der Waals surface area (Å²) >= 11 is 0. The lowest BCUT2D eigenvalue weighted by Crippen LogP contribution is -2.39. The maximum Gasteiger partial charge on any atom is 0.316 e. The summed E-state index contributed by atoms with van der Waals surface area (Å²) in [5, 5.41) is 3.58. The Morgan fingerprint density at radius 3 is 2.47 bits per heavy atom. The molecule has 1 N–H and O–H groups in total. The minimum absolute atomic E-state index is 0. The Balaban J connectivity index is 0.00000456. The van der Waals surface area contributed by atoms with Crippen molar-refractivity contribution < 1.29 is 14.3 Å². The van der Waals surface area contributed by atoms with Crippen molar-refractivity contribution in [1.29, 1.82) is 0 Å². The van der Waals surface area contributed by atoms with Gasteiger partial charge in [-0.1, -0.05) is 19.9 Å². The fraction of sp³-hybridized carbons (Fsp3) is 0.607. The number of hydrogen-bond acceptors (Lipinski definition) is 7. The average Bonchev–Trinajstić information content (AvgIpc) is 2.88. The van der Waals surface area contributed by atoms with Gasteiger partial charge in [-0.3, -0.25) is 4.79 Å². The highest BCUT2D eigenvalue weighted by Crippen LogP contribution is 2.36. The third-order valence-corrected chi connectivity index (χ3v) is 6.75. The van der Waals surface area contributed by atoms with Gasteiger partial charge in [-0.15, -0.1) is 0 Å². The lowest BCUT2D eigenvalue weighted by Gasteiger charge is -2.37. The summed E-state index contributed by atoms with van der Waals surface area (Å²) in [5.41, 5.74) is 4.30. The highest BCUT2D eigenvalue weighted by Gasteiger charge is 2.24. The number of aromatic nitrogens is 2. The molecule has 2 heterocycles. The van der Waals surface area contributed by atoms with E-state index in [1.54, 1.807) is 12.4 Å². The predicted molar refractivity (Wildman–Crippen MR) is 152 cm³/mol. The zero-order valence-electron chi connectivity index (χ0n) is 22.4. The summed E-state index contributed by atoms with van der Waals surface area (Å²) in [4.78, 5) is 23.3. The molecule has 0 unspecified atom stereocenters. The van der Waals surface area contributed by atoms with Crippen LogP contribution in [-0.4, -0.2) is 48.2 Å². The van der Waals surface area contributed by atoms with Crippen molar-refractivity contribution in [1.82, 2.24) is 9.97 Å². The van der Waals surface area contributed by atoms with Crippen LogP contribution in [0.15, 0.2) is 30.6 Å². The first-order valence-corrected chi connectivity index (χ1v) is 13.3.